The van der Waals surface area contributed by atoms with Gasteiger partial charge in [-0.15, -0.1) is 0 Å². The summed E-state index contributed by atoms with van der Waals surface area (Å²) in [6.45, 7) is 1.45. The van der Waals surface area contributed by atoms with Gasteiger partial charge in [0.1, 0.15) is 28.4 Å². The van der Waals surface area contributed by atoms with Gasteiger partial charge in [-0.1, -0.05) is 17.7 Å². The molecule has 2 saturated heterocycles. The highest BCUT2D eigenvalue weighted by Gasteiger charge is 2.39. The second kappa shape index (κ2) is 10.6. The Labute approximate surface area is 203 Å². The zero-order valence-corrected chi connectivity index (χ0v) is 20.2. The van der Waals surface area contributed by atoms with Gasteiger partial charge < -0.3 is 9.64 Å². The van der Waals surface area contributed by atoms with Gasteiger partial charge in [0, 0.05) is 49.6 Å². The average molecular weight is 513 g/mol. The molecule has 2 fully saturated rings. The lowest BCUT2D eigenvalue weighted by Gasteiger charge is -2.38. The molecule has 0 unspecified atom stereocenters. The van der Waals surface area contributed by atoms with Crippen molar-refractivity contribution in [2.24, 2.45) is 5.92 Å². The minimum atomic E-state index is -4.22. The number of hydrogen-bond acceptors (Lipinski definition) is 4. The molecule has 184 valence electrons. The van der Waals surface area contributed by atoms with Gasteiger partial charge in [-0.05, 0) is 56.0 Å². The molecule has 0 spiro atoms. The Kier molecular flexibility index (Phi) is 7.74. The predicted octanol–water partition coefficient (Wildman–Crippen LogP) is 4.48. The van der Waals surface area contributed by atoms with Gasteiger partial charge in [-0.3, -0.25) is 4.79 Å². The summed E-state index contributed by atoms with van der Waals surface area (Å²) in [5, 5.41) is 0.505. The number of halogens is 3. The molecule has 6 nitrogen and oxygen atoms in total. The summed E-state index contributed by atoms with van der Waals surface area (Å²) in [4.78, 5) is 14.2. The molecule has 2 atom stereocenters. The van der Waals surface area contributed by atoms with Crippen molar-refractivity contribution < 1.29 is 26.7 Å². The van der Waals surface area contributed by atoms with Crippen molar-refractivity contribution in [3.05, 3.63) is 59.1 Å². The lowest BCUT2D eigenvalue weighted by atomic mass is 9.91. The summed E-state index contributed by atoms with van der Waals surface area (Å²) in [7, 11) is -4.22. The first-order valence-electron chi connectivity index (χ1n) is 11.4. The van der Waals surface area contributed by atoms with E-state index in [0.29, 0.717) is 36.3 Å². The van der Waals surface area contributed by atoms with Crippen LogP contribution < -0.4 is 4.74 Å². The summed E-state index contributed by atoms with van der Waals surface area (Å²) in [6.07, 6.45) is 2.99. The highest BCUT2D eigenvalue weighted by atomic mass is 35.5. The molecule has 2 aromatic rings. The largest absolute Gasteiger partial charge is 0.490 e. The average Bonchev–Trinajstić information content (AvgIpc) is 2.80. The first-order chi connectivity index (χ1) is 16.2. The van der Waals surface area contributed by atoms with Gasteiger partial charge in [0.05, 0.1) is 0 Å². The summed E-state index contributed by atoms with van der Waals surface area (Å²) < 4.78 is 61.3. The SMILES string of the molecule is O=C(C[C@H]1CN(S(=O)(=O)c2ccc(F)cc2F)CC[C@@H]1Oc1cccc(Cl)c1)N1CCCCC1. The Morgan fingerprint density at radius 2 is 1.82 bits per heavy atom. The van der Waals surface area contributed by atoms with Crippen molar-refractivity contribution in [2.45, 2.75) is 43.1 Å². The molecular weight excluding hydrogens is 486 g/mol. The van der Waals surface area contributed by atoms with Crippen LogP contribution in [0.5, 0.6) is 5.75 Å². The number of sulfonamides is 1. The monoisotopic (exact) mass is 512 g/mol. The number of hydrogen-bond donors (Lipinski definition) is 0. The first kappa shape index (κ1) is 24.9. The third kappa shape index (κ3) is 5.70. The van der Waals surface area contributed by atoms with Crippen LogP contribution in [-0.2, 0) is 14.8 Å². The lowest BCUT2D eigenvalue weighted by molar-refractivity contribution is -0.134. The standard InChI is InChI=1S/C24H27ClF2N2O4S/c25-18-5-4-6-20(14-18)33-22-9-12-29(34(31,32)23-8-7-19(26)15-21(23)27)16-17(22)13-24(30)28-10-2-1-3-11-28/h4-8,14-15,17,22H,1-3,9-13,16H2/t17-,22-/m0/s1. The number of rotatable bonds is 6. The van der Waals surface area contributed by atoms with E-state index in [9.17, 15) is 22.0 Å². The fourth-order valence-electron chi connectivity index (χ4n) is 4.58. The topological polar surface area (TPSA) is 66.9 Å². The van der Waals surface area contributed by atoms with Crippen molar-refractivity contribution in [1.29, 1.82) is 0 Å². The van der Waals surface area contributed by atoms with Crippen molar-refractivity contribution >= 4 is 27.5 Å². The molecule has 0 aromatic heterocycles. The van der Waals surface area contributed by atoms with Crippen LogP contribution >= 0.6 is 11.6 Å². The highest BCUT2D eigenvalue weighted by Crippen LogP contribution is 2.31. The normalized spacial score (nSPS) is 21.9. The minimum Gasteiger partial charge on any atom is -0.490 e. The van der Waals surface area contributed by atoms with E-state index in [-0.39, 0.29) is 25.4 Å². The third-order valence-corrected chi connectivity index (χ3v) is 8.50. The zero-order chi connectivity index (χ0) is 24.3. The number of ether oxygens (including phenoxy) is 1. The van der Waals surface area contributed by atoms with Gasteiger partial charge in [0.2, 0.25) is 15.9 Å². The Hall–Kier alpha value is -2.23. The van der Waals surface area contributed by atoms with Crippen LogP contribution in [0.15, 0.2) is 47.4 Å². The molecule has 0 bridgehead atoms. The van der Waals surface area contributed by atoms with E-state index in [4.69, 9.17) is 16.3 Å². The molecule has 2 heterocycles. The van der Waals surface area contributed by atoms with Gasteiger partial charge in [0.25, 0.3) is 0 Å². The van der Waals surface area contributed by atoms with Crippen molar-refractivity contribution in [3.63, 3.8) is 0 Å². The van der Waals surface area contributed by atoms with Gasteiger partial charge in [-0.2, -0.15) is 4.31 Å². The summed E-state index contributed by atoms with van der Waals surface area (Å²) in [5.74, 6) is -1.95. The maximum absolute atomic E-state index is 14.3. The molecule has 34 heavy (non-hydrogen) atoms. The van der Waals surface area contributed by atoms with Crippen molar-refractivity contribution in [2.75, 3.05) is 26.2 Å². The second-order valence-electron chi connectivity index (χ2n) is 8.75. The second-order valence-corrected chi connectivity index (χ2v) is 11.1. The smallest absolute Gasteiger partial charge is 0.246 e. The number of nitrogens with zero attached hydrogens (tertiary/aromatic N) is 2. The van der Waals surface area contributed by atoms with Crippen LogP contribution in [0.4, 0.5) is 8.78 Å². The van der Waals surface area contributed by atoms with Crippen LogP contribution in [0.25, 0.3) is 0 Å². The van der Waals surface area contributed by atoms with Crippen LogP contribution in [0, 0.1) is 17.6 Å². The molecule has 10 heteroatoms. The van der Waals surface area contributed by atoms with E-state index in [0.717, 1.165) is 35.7 Å². The molecule has 0 aliphatic carbocycles. The van der Waals surface area contributed by atoms with Crippen molar-refractivity contribution in [1.82, 2.24) is 9.21 Å². The summed E-state index contributed by atoms with van der Waals surface area (Å²) >= 11 is 6.07. The Morgan fingerprint density at radius 1 is 1.06 bits per heavy atom. The van der Waals surface area contributed by atoms with Gasteiger partial charge in [-0.25, -0.2) is 17.2 Å². The molecule has 4 rings (SSSR count). The Bertz CT molecular complexity index is 1140. The molecule has 0 N–H and O–H groups in total. The maximum Gasteiger partial charge on any atom is 0.246 e. The van der Waals surface area contributed by atoms with E-state index >= 15 is 0 Å². The lowest BCUT2D eigenvalue weighted by Crippen LogP contribution is -2.49. The predicted molar refractivity (Wildman–Crippen MR) is 124 cm³/mol. The molecule has 0 radical (unpaired) electrons. The third-order valence-electron chi connectivity index (χ3n) is 6.37. The van der Waals surface area contributed by atoms with E-state index in [1.807, 2.05) is 4.90 Å². The van der Waals surface area contributed by atoms with Gasteiger partial charge in [0.15, 0.2) is 0 Å². The van der Waals surface area contributed by atoms with E-state index in [1.54, 1.807) is 24.3 Å². The van der Waals surface area contributed by atoms with E-state index < -0.39 is 38.6 Å². The van der Waals surface area contributed by atoms with Crippen LogP contribution in [-0.4, -0.2) is 55.8 Å². The number of carbonyl (C=O) groups is 1. The Balaban J connectivity index is 1.56. The molecular formula is C24H27ClF2N2O4S. The summed E-state index contributed by atoms with van der Waals surface area (Å²) in [5.41, 5.74) is 0. The number of amides is 1. The fourth-order valence-corrected chi connectivity index (χ4v) is 6.32. The van der Waals surface area contributed by atoms with E-state index in [1.165, 1.54) is 0 Å². The summed E-state index contributed by atoms with van der Waals surface area (Å²) in [6, 6.07) is 9.30. The molecule has 0 saturated carbocycles. The molecule has 2 aliphatic heterocycles. The number of benzene rings is 2. The fraction of sp³-hybridized carbons (Fsp3) is 0.458. The first-order valence-corrected chi connectivity index (χ1v) is 13.2. The number of carbonyl (C=O) groups excluding carboxylic acids is 1. The van der Waals surface area contributed by atoms with Crippen LogP contribution in [0.1, 0.15) is 32.1 Å². The minimum absolute atomic E-state index is 0.00996. The maximum atomic E-state index is 14.3. The Morgan fingerprint density at radius 3 is 2.53 bits per heavy atom. The van der Waals surface area contributed by atoms with Crippen molar-refractivity contribution in [3.8, 4) is 5.75 Å². The van der Waals surface area contributed by atoms with Crippen LogP contribution in [0.3, 0.4) is 0 Å². The zero-order valence-electron chi connectivity index (χ0n) is 18.6. The van der Waals surface area contributed by atoms with Gasteiger partial charge >= 0.3 is 0 Å². The van der Waals surface area contributed by atoms with E-state index in [2.05, 4.69) is 0 Å². The number of likely N-dealkylation sites (tertiary alicyclic amines) is 1. The molecule has 2 aliphatic rings. The highest BCUT2D eigenvalue weighted by molar-refractivity contribution is 7.89. The number of piperidine rings is 2. The molecule has 2 aromatic carbocycles. The van der Waals surface area contributed by atoms with Crippen LogP contribution in [0.2, 0.25) is 5.02 Å². The molecule has 1 amide bonds. The quantitative estimate of drug-likeness (QED) is 0.572.